The highest BCUT2D eigenvalue weighted by Gasteiger charge is 2.43. The van der Waals surface area contributed by atoms with Gasteiger partial charge in [-0.1, -0.05) is 38.1 Å². The van der Waals surface area contributed by atoms with E-state index in [0.717, 1.165) is 29.7 Å². The fourth-order valence-corrected chi connectivity index (χ4v) is 2.43. The summed E-state index contributed by atoms with van der Waals surface area (Å²) >= 11 is 0. The first-order chi connectivity index (χ1) is 8.60. The molecule has 2 N–H and O–H groups in total. The molecule has 0 unspecified atom stereocenters. The third-order valence-electron chi connectivity index (χ3n) is 3.97. The topological polar surface area (TPSA) is 55.0 Å². The van der Waals surface area contributed by atoms with Crippen LogP contribution >= 0.6 is 0 Å². The van der Waals surface area contributed by atoms with E-state index in [9.17, 15) is 0 Å². The van der Waals surface area contributed by atoms with E-state index in [4.69, 9.17) is 5.73 Å². The maximum absolute atomic E-state index is 6.33. The summed E-state index contributed by atoms with van der Waals surface area (Å²) in [5, 5.41) is 10.6. The molecule has 0 bridgehead atoms. The lowest BCUT2D eigenvalue weighted by Crippen LogP contribution is -2.70. The van der Waals surface area contributed by atoms with Crippen LogP contribution in [0.2, 0.25) is 0 Å². The highest BCUT2D eigenvalue weighted by Crippen LogP contribution is 2.33. The van der Waals surface area contributed by atoms with E-state index in [2.05, 4.69) is 41.1 Å². The van der Waals surface area contributed by atoms with Crippen LogP contribution in [0.3, 0.4) is 0 Å². The Bertz CT molecular complexity index is 568. The molecule has 94 valence electrons. The summed E-state index contributed by atoms with van der Waals surface area (Å²) in [4.78, 5) is 2.22. The Labute approximate surface area is 107 Å². The molecule has 2 aromatic rings. The van der Waals surface area contributed by atoms with E-state index >= 15 is 0 Å². The van der Waals surface area contributed by atoms with Gasteiger partial charge in [0.1, 0.15) is 0 Å². The Hall–Kier alpha value is -1.68. The van der Waals surface area contributed by atoms with E-state index < -0.39 is 0 Å². The zero-order valence-electron chi connectivity index (χ0n) is 10.8. The highest BCUT2D eigenvalue weighted by atomic mass is 15.3. The molecule has 0 spiro atoms. The molecule has 1 saturated heterocycles. The number of benzene rings is 1. The summed E-state index contributed by atoms with van der Waals surface area (Å²) in [5.74, 6) is 1.44. The van der Waals surface area contributed by atoms with Gasteiger partial charge in [-0.15, -0.1) is 5.10 Å². The summed E-state index contributed by atoms with van der Waals surface area (Å²) in [5.41, 5.74) is 6.24. The molecule has 1 aromatic carbocycles. The second-order valence-corrected chi connectivity index (χ2v) is 5.50. The smallest absolute Gasteiger partial charge is 0.159 e. The van der Waals surface area contributed by atoms with Crippen molar-refractivity contribution in [1.82, 2.24) is 10.2 Å². The van der Waals surface area contributed by atoms with Crippen LogP contribution in [0.4, 0.5) is 5.82 Å². The van der Waals surface area contributed by atoms with Crippen molar-refractivity contribution in [3.05, 3.63) is 30.5 Å². The number of fused-ring (bicyclic) bond motifs is 1. The lowest BCUT2D eigenvalue weighted by molar-refractivity contribution is 0.244. The predicted octanol–water partition coefficient (Wildman–Crippen LogP) is 1.80. The summed E-state index contributed by atoms with van der Waals surface area (Å²) in [6.07, 6.45) is 1.80. The SMILES string of the molecule is CC(C)C1(N)CN(c2nncc3ccccc23)C1. The van der Waals surface area contributed by atoms with Crippen molar-refractivity contribution < 1.29 is 0 Å². The van der Waals surface area contributed by atoms with Gasteiger partial charge in [-0.3, -0.25) is 0 Å². The first kappa shape index (κ1) is 11.4. The Morgan fingerprint density at radius 1 is 1.28 bits per heavy atom. The molecule has 1 aromatic heterocycles. The van der Waals surface area contributed by atoms with Gasteiger partial charge in [-0.25, -0.2) is 0 Å². The minimum atomic E-state index is -0.0847. The fraction of sp³-hybridized carbons (Fsp3) is 0.429. The minimum Gasteiger partial charge on any atom is -0.351 e. The van der Waals surface area contributed by atoms with E-state index in [1.165, 1.54) is 0 Å². The second kappa shape index (κ2) is 3.92. The summed E-state index contributed by atoms with van der Waals surface area (Å²) < 4.78 is 0. The molecular formula is C14H18N4. The Balaban J connectivity index is 1.94. The van der Waals surface area contributed by atoms with Gasteiger partial charge < -0.3 is 10.6 Å². The minimum absolute atomic E-state index is 0.0847. The van der Waals surface area contributed by atoms with Crippen molar-refractivity contribution >= 4 is 16.6 Å². The third-order valence-corrected chi connectivity index (χ3v) is 3.97. The second-order valence-electron chi connectivity index (χ2n) is 5.50. The van der Waals surface area contributed by atoms with Gasteiger partial charge in [0, 0.05) is 23.9 Å². The van der Waals surface area contributed by atoms with Crippen molar-refractivity contribution in [2.24, 2.45) is 11.7 Å². The van der Waals surface area contributed by atoms with Gasteiger partial charge in [0.15, 0.2) is 5.82 Å². The number of nitrogens with zero attached hydrogens (tertiary/aromatic N) is 3. The molecule has 0 radical (unpaired) electrons. The zero-order valence-corrected chi connectivity index (χ0v) is 10.8. The third kappa shape index (κ3) is 1.64. The average molecular weight is 242 g/mol. The monoisotopic (exact) mass is 242 g/mol. The molecular weight excluding hydrogens is 224 g/mol. The molecule has 1 aliphatic rings. The van der Waals surface area contributed by atoms with Crippen LogP contribution in [-0.4, -0.2) is 28.8 Å². The largest absolute Gasteiger partial charge is 0.351 e. The fourth-order valence-electron chi connectivity index (χ4n) is 2.43. The molecule has 0 amide bonds. The molecule has 0 saturated carbocycles. The normalized spacial score (nSPS) is 18.1. The number of hydrogen-bond acceptors (Lipinski definition) is 4. The summed E-state index contributed by atoms with van der Waals surface area (Å²) in [6.45, 7) is 6.05. The highest BCUT2D eigenvalue weighted by molar-refractivity contribution is 5.91. The van der Waals surface area contributed by atoms with Crippen molar-refractivity contribution in [2.75, 3.05) is 18.0 Å². The van der Waals surface area contributed by atoms with Crippen LogP contribution in [0, 0.1) is 5.92 Å². The van der Waals surface area contributed by atoms with E-state index in [1.807, 2.05) is 12.1 Å². The molecule has 4 nitrogen and oxygen atoms in total. The van der Waals surface area contributed by atoms with Crippen LogP contribution in [-0.2, 0) is 0 Å². The van der Waals surface area contributed by atoms with Gasteiger partial charge in [0.25, 0.3) is 0 Å². The lowest BCUT2D eigenvalue weighted by Gasteiger charge is -2.51. The number of hydrogen-bond donors (Lipinski definition) is 1. The standard InChI is InChI=1S/C14H18N4/c1-10(2)14(15)8-18(9-14)13-12-6-4-3-5-11(12)7-16-17-13/h3-7,10H,8-9,15H2,1-2H3. The van der Waals surface area contributed by atoms with E-state index in [-0.39, 0.29) is 5.54 Å². The zero-order chi connectivity index (χ0) is 12.8. The Morgan fingerprint density at radius 2 is 2.00 bits per heavy atom. The quantitative estimate of drug-likeness (QED) is 0.872. The molecule has 3 rings (SSSR count). The first-order valence-electron chi connectivity index (χ1n) is 6.34. The Kier molecular flexibility index (Phi) is 2.48. The molecule has 2 heterocycles. The Morgan fingerprint density at radius 3 is 2.72 bits per heavy atom. The number of nitrogens with two attached hydrogens (primary N) is 1. The van der Waals surface area contributed by atoms with Gasteiger partial charge in [-0.2, -0.15) is 5.10 Å². The van der Waals surface area contributed by atoms with Crippen molar-refractivity contribution in [3.63, 3.8) is 0 Å². The number of anilines is 1. The van der Waals surface area contributed by atoms with Gasteiger partial charge in [0.05, 0.1) is 11.7 Å². The summed E-state index contributed by atoms with van der Waals surface area (Å²) in [7, 11) is 0. The maximum atomic E-state index is 6.33. The number of aromatic nitrogens is 2. The summed E-state index contributed by atoms with van der Waals surface area (Å²) in [6, 6.07) is 8.20. The van der Waals surface area contributed by atoms with Crippen LogP contribution in [0.25, 0.3) is 10.8 Å². The van der Waals surface area contributed by atoms with E-state index in [0.29, 0.717) is 5.92 Å². The van der Waals surface area contributed by atoms with Gasteiger partial charge in [-0.05, 0) is 5.92 Å². The number of rotatable bonds is 2. The van der Waals surface area contributed by atoms with Crippen LogP contribution < -0.4 is 10.6 Å². The van der Waals surface area contributed by atoms with Crippen molar-refractivity contribution in [3.8, 4) is 0 Å². The molecule has 0 atom stereocenters. The first-order valence-corrected chi connectivity index (χ1v) is 6.34. The molecule has 18 heavy (non-hydrogen) atoms. The molecule has 1 fully saturated rings. The average Bonchev–Trinajstić information content (AvgIpc) is 2.34. The van der Waals surface area contributed by atoms with Gasteiger partial charge in [0.2, 0.25) is 0 Å². The van der Waals surface area contributed by atoms with Gasteiger partial charge >= 0.3 is 0 Å². The lowest BCUT2D eigenvalue weighted by atomic mass is 9.80. The van der Waals surface area contributed by atoms with Crippen molar-refractivity contribution in [1.29, 1.82) is 0 Å². The van der Waals surface area contributed by atoms with Crippen molar-refractivity contribution in [2.45, 2.75) is 19.4 Å². The molecule has 0 aliphatic carbocycles. The predicted molar refractivity (Wildman–Crippen MR) is 73.5 cm³/mol. The van der Waals surface area contributed by atoms with Crippen LogP contribution in [0.5, 0.6) is 0 Å². The molecule has 1 aliphatic heterocycles. The van der Waals surface area contributed by atoms with Crippen LogP contribution in [0.1, 0.15) is 13.8 Å². The van der Waals surface area contributed by atoms with Crippen LogP contribution in [0.15, 0.2) is 30.5 Å². The molecule has 4 heteroatoms. The maximum Gasteiger partial charge on any atom is 0.159 e. The van der Waals surface area contributed by atoms with E-state index in [1.54, 1.807) is 6.20 Å².